The molecule has 0 aliphatic rings. The second-order valence-electron chi connectivity index (χ2n) is 4.41. The summed E-state index contributed by atoms with van der Waals surface area (Å²) in [6, 6.07) is 6.96. The van der Waals surface area contributed by atoms with E-state index >= 15 is 0 Å². The first-order valence-electron chi connectivity index (χ1n) is 5.97. The lowest BCUT2D eigenvalue weighted by Gasteiger charge is -2.16. The lowest BCUT2D eigenvalue weighted by molar-refractivity contribution is 0.0118. The number of nitrogens with one attached hydrogen (secondary N) is 1. The van der Waals surface area contributed by atoms with E-state index in [1.807, 2.05) is 19.9 Å². The lowest BCUT2D eigenvalue weighted by atomic mass is 10.2. The van der Waals surface area contributed by atoms with Crippen molar-refractivity contribution in [2.45, 2.75) is 29.9 Å². The summed E-state index contributed by atoms with van der Waals surface area (Å²) in [6.07, 6.45) is 0. The van der Waals surface area contributed by atoms with E-state index in [0.717, 1.165) is 4.90 Å². The summed E-state index contributed by atoms with van der Waals surface area (Å²) in [7, 11) is 0. The maximum Gasteiger partial charge on any atom is 0.277 e. The molecule has 114 valence electrons. The minimum atomic E-state index is -3.07. The monoisotopic (exact) mass is 324 g/mol. The Kier molecular flexibility index (Phi) is 8.08. The fraction of sp³-hybridized carbons (Fsp3) is 0.462. The van der Waals surface area contributed by atoms with Gasteiger partial charge in [0.2, 0.25) is 0 Å². The summed E-state index contributed by atoms with van der Waals surface area (Å²) < 4.78 is 26.0. The third kappa shape index (κ3) is 6.07. The van der Waals surface area contributed by atoms with Crippen molar-refractivity contribution in [1.29, 1.82) is 0 Å². The zero-order valence-electron chi connectivity index (χ0n) is 11.4. The maximum atomic E-state index is 13.0. The Balaban J connectivity index is 0.00000361. The Labute approximate surface area is 128 Å². The number of carbonyl (C=O) groups excluding carboxylic acids is 1. The molecule has 1 aromatic rings. The molecule has 0 unspecified atom stereocenters. The molecule has 1 amide bonds. The quantitative estimate of drug-likeness (QED) is 0.791. The minimum absolute atomic E-state index is 0. The van der Waals surface area contributed by atoms with Crippen molar-refractivity contribution in [1.82, 2.24) is 5.32 Å². The highest BCUT2D eigenvalue weighted by Gasteiger charge is 2.27. The topological polar surface area (TPSA) is 55.1 Å². The van der Waals surface area contributed by atoms with Gasteiger partial charge in [0.05, 0.1) is 18.7 Å². The number of benzene rings is 1. The van der Waals surface area contributed by atoms with Gasteiger partial charge < -0.3 is 11.1 Å². The van der Waals surface area contributed by atoms with Gasteiger partial charge in [-0.25, -0.2) is 8.78 Å². The van der Waals surface area contributed by atoms with Gasteiger partial charge in [-0.3, -0.25) is 4.79 Å². The Morgan fingerprint density at radius 2 is 2.00 bits per heavy atom. The first-order chi connectivity index (χ1) is 8.85. The molecule has 1 aromatic carbocycles. The van der Waals surface area contributed by atoms with E-state index in [1.54, 1.807) is 18.2 Å². The normalized spacial score (nSPS) is 11.1. The molecule has 1 rings (SSSR count). The highest BCUT2D eigenvalue weighted by molar-refractivity contribution is 8.00. The zero-order valence-corrected chi connectivity index (χ0v) is 13.0. The van der Waals surface area contributed by atoms with Crippen LogP contribution in [0.3, 0.4) is 0 Å². The summed E-state index contributed by atoms with van der Waals surface area (Å²) >= 11 is 1.52. The van der Waals surface area contributed by atoms with Gasteiger partial charge in [-0.2, -0.15) is 0 Å². The molecule has 0 fully saturated rings. The number of thioether (sulfide) groups is 1. The molecule has 3 nitrogen and oxygen atoms in total. The van der Waals surface area contributed by atoms with Crippen LogP contribution in [0.4, 0.5) is 8.78 Å². The van der Waals surface area contributed by atoms with Crippen molar-refractivity contribution >= 4 is 30.1 Å². The van der Waals surface area contributed by atoms with E-state index in [4.69, 9.17) is 5.73 Å². The van der Waals surface area contributed by atoms with Gasteiger partial charge >= 0.3 is 0 Å². The van der Waals surface area contributed by atoms with Crippen LogP contribution in [-0.4, -0.2) is 30.2 Å². The van der Waals surface area contributed by atoms with Crippen LogP contribution in [-0.2, 0) is 0 Å². The number of alkyl halides is 2. The van der Waals surface area contributed by atoms with Gasteiger partial charge in [-0.05, 0) is 12.1 Å². The third-order valence-electron chi connectivity index (χ3n) is 2.30. The predicted molar refractivity (Wildman–Crippen MR) is 81.0 cm³/mol. The van der Waals surface area contributed by atoms with Gasteiger partial charge in [0, 0.05) is 10.1 Å². The molecule has 0 saturated heterocycles. The van der Waals surface area contributed by atoms with E-state index in [-0.39, 0.29) is 12.4 Å². The maximum absolute atomic E-state index is 13.0. The first kappa shape index (κ1) is 19.1. The number of nitrogens with two attached hydrogens (primary N) is 1. The van der Waals surface area contributed by atoms with Crippen molar-refractivity contribution in [3.05, 3.63) is 29.8 Å². The van der Waals surface area contributed by atoms with E-state index in [2.05, 4.69) is 5.32 Å². The van der Waals surface area contributed by atoms with Crippen LogP contribution in [0.25, 0.3) is 0 Å². The van der Waals surface area contributed by atoms with Crippen molar-refractivity contribution in [3.8, 4) is 0 Å². The van der Waals surface area contributed by atoms with Gasteiger partial charge in [0.1, 0.15) is 0 Å². The number of hydrogen-bond donors (Lipinski definition) is 2. The number of amides is 1. The number of hydrogen-bond acceptors (Lipinski definition) is 3. The summed E-state index contributed by atoms with van der Waals surface area (Å²) in [5, 5.41) is 2.53. The number of rotatable bonds is 6. The molecule has 0 radical (unpaired) electrons. The summed E-state index contributed by atoms with van der Waals surface area (Å²) in [5.74, 6) is -3.58. The summed E-state index contributed by atoms with van der Waals surface area (Å²) in [6.45, 7) is 2.47. The molecular weight excluding hydrogens is 306 g/mol. The van der Waals surface area contributed by atoms with E-state index in [9.17, 15) is 13.6 Å². The molecule has 0 spiro atoms. The van der Waals surface area contributed by atoms with Crippen LogP contribution in [0.2, 0.25) is 0 Å². The fourth-order valence-corrected chi connectivity index (χ4v) is 2.34. The Bertz CT molecular complexity index is 444. The molecular formula is C13H19ClF2N2OS. The zero-order chi connectivity index (χ0) is 14.5. The molecule has 20 heavy (non-hydrogen) atoms. The van der Waals surface area contributed by atoms with E-state index in [1.165, 1.54) is 11.8 Å². The van der Waals surface area contributed by atoms with Crippen molar-refractivity contribution < 1.29 is 13.6 Å². The molecule has 0 saturated carbocycles. The van der Waals surface area contributed by atoms with Crippen LogP contribution >= 0.6 is 24.2 Å². The van der Waals surface area contributed by atoms with Crippen molar-refractivity contribution in [3.63, 3.8) is 0 Å². The lowest BCUT2D eigenvalue weighted by Crippen LogP contribution is -2.41. The smallest absolute Gasteiger partial charge is 0.277 e. The largest absolute Gasteiger partial charge is 0.346 e. The highest BCUT2D eigenvalue weighted by Crippen LogP contribution is 2.26. The first-order valence-corrected chi connectivity index (χ1v) is 6.85. The van der Waals surface area contributed by atoms with Crippen LogP contribution in [0.5, 0.6) is 0 Å². The minimum Gasteiger partial charge on any atom is -0.346 e. The van der Waals surface area contributed by atoms with Gasteiger partial charge in [0.15, 0.2) is 0 Å². The van der Waals surface area contributed by atoms with Crippen molar-refractivity contribution in [2.24, 2.45) is 5.73 Å². The van der Waals surface area contributed by atoms with Crippen LogP contribution < -0.4 is 11.1 Å². The van der Waals surface area contributed by atoms with Gasteiger partial charge in [-0.1, -0.05) is 26.0 Å². The third-order valence-corrected chi connectivity index (χ3v) is 3.38. The van der Waals surface area contributed by atoms with Gasteiger partial charge in [0.25, 0.3) is 11.8 Å². The predicted octanol–water partition coefficient (Wildman–Crippen LogP) is 2.93. The highest BCUT2D eigenvalue weighted by atomic mass is 35.5. The second kappa shape index (κ2) is 8.44. The number of carbonyl (C=O) groups is 1. The second-order valence-corrected chi connectivity index (χ2v) is 6.02. The Hall–Kier alpha value is -0.850. The molecule has 0 atom stereocenters. The molecule has 0 bridgehead atoms. The Morgan fingerprint density at radius 1 is 1.40 bits per heavy atom. The SMILES string of the molecule is CC(C)Sc1ccccc1C(=O)NCC(F)(F)CN.Cl. The molecule has 0 heterocycles. The average molecular weight is 325 g/mol. The van der Waals surface area contributed by atoms with Crippen LogP contribution in [0, 0.1) is 0 Å². The van der Waals surface area contributed by atoms with E-state index < -0.39 is 24.9 Å². The van der Waals surface area contributed by atoms with Crippen molar-refractivity contribution in [2.75, 3.05) is 13.1 Å². The van der Waals surface area contributed by atoms with E-state index in [0.29, 0.717) is 10.8 Å². The van der Waals surface area contributed by atoms with Gasteiger partial charge in [-0.15, -0.1) is 24.2 Å². The molecule has 3 N–H and O–H groups in total. The van der Waals surface area contributed by atoms with Crippen LogP contribution in [0.1, 0.15) is 24.2 Å². The van der Waals surface area contributed by atoms with Crippen LogP contribution in [0.15, 0.2) is 29.2 Å². The molecule has 7 heteroatoms. The Morgan fingerprint density at radius 3 is 2.55 bits per heavy atom. The molecule has 0 aromatic heterocycles. The summed E-state index contributed by atoms with van der Waals surface area (Å²) in [4.78, 5) is 12.7. The summed E-state index contributed by atoms with van der Waals surface area (Å²) in [5.41, 5.74) is 5.33. The molecule has 0 aliphatic heterocycles. The molecule has 0 aliphatic carbocycles. The number of halogens is 3. The average Bonchev–Trinajstić information content (AvgIpc) is 2.36. The fourth-order valence-electron chi connectivity index (χ4n) is 1.39. The standard InChI is InChI=1S/C13H18F2N2OS.ClH/c1-9(2)19-11-6-4-3-5-10(11)12(18)17-8-13(14,15)7-16;/h3-6,9H,7-8,16H2,1-2H3,(H,17,18);1H.